The number of nitrogens with zero attached hydrogens (tertiary/aromatic N) is 2. The van der Waals surface area contributed by atoms with Crippen molar-refractivity contribution in [2.24, 2.45) is 0 Å². The fraction of sp³-hybridized carbons (Fsp3) is 0.308. The highest BCUT2D eigenvalue weighted by Gasteiger charge is 2.18. The molecule has 0 aliphatic carbocycles. The van der Waals surface area contributed by atoms with Crippen LogP contribution in [0.5, 0.6) is 0 Å². The van der Waals surface area contributed by atoms with Gasteiger partial charge in [0.25, 0.3) is 5.91 Å². The van der Waals surface area contributed by atoms with E-state index in [4.69, 9.17) is 0 Å². The van der Waals surface area contributed by atoms with Crippen LogP contribution in [0.25, 0.3) is 0 Å². The van der Waals surface area contributed by atoms with E-state index in [0.29, 0.717) is 6.54 Å². The van der Waals surface area contributed by atoms with Crippen LogP contribution in [0.4, 0.5) is 10.2 Å². The lowest BCUT2D eigenvalue weighted by Gasteiger charge is -2.13. The maximum absolute atomic E-state index is 14.1. The zero-order valence-electron chi connectivity index (χ0n) is 11.3. The van der Waals surface area contributed by atoms with Crippen molar-refractivity contribution in [1.29, 1.82) is 0 Å². The summed E-state index contributed by atoms with van der Waals surface area (Å²) in [7, 11) is 0. The average molecular weight is 277 g/mol. The molecule has 2 rings (SSSR count). The Morgan fingerprint density at radius 3 is 3.00 bits per heavy atom. The highest BCUT2D eigenvalue weighted by atomic mass is 19.1. The molecule has 1 unspecified atom stereocenters. The molecule has 20 heavy (non-hydrogen) atoms. The number of aromatic amines is 1. The van der Waals surface area contributed by atoms with Crippen molar-refractivity contribution in [2.75, 3.05) is 11.9 Å². The van der Waals surface area contributed by atoms with Gasteiger partial charge in [-0.2, -0.15) is 5.10 Å². The Morgan fingerprint density at radius 2 is 2.35 bits per heavy atom. The molecule has 106 valence electrons. The van der Waals surface area contributed by atoms with E-state index in [9.17, 15) is 9.18 Å². The number of aromatic nitrogens is 3. The molecule has 7 heteroatoms. The first kappa shape index (κ1) is 14.0. The largest absolute Gasteiger partial charge is 0.368 e. The number of halogens is 1. The Hall–Kier alpha value is -2.44. The van der Waals surface area contributed by atoms with Crippen LogP contribution < -0.4 is 10.6 Å². The molecule has 2 heterocycles. The third kappa shape index (κ3) is 2.93. The number of carbonyl (C=O) groups is 1. The highest BCUT2D eigenvalue weighted by Crippen LogP contribution is 2.16. The Labute approximate surface area is 115 Å². The van der Waals surface area contributed by atoms with E-state index in [-0.39, 0.29) is 17.4 Å². The fourth-order valence-corrected chi connectivity index (χ4v) is 1.77. The number of amides is 1. The Balaban J connectivity index is 2.15. The van der Waals surface area contributed by atoms with Crippen molar-refractivity contribution in [2.45, 2.75) is 19.9 Å². The summed E-state index contributed by atoms with van der Waals surface area (Å²) >= 11 is 0. The molecular formula is C13H16FN5O. The summed E-state index contributed by atoms with van der Waals surface area (Å²) in [6.07, 6.45) is 4.69. The van der Waals surface area contributed by atoms with Crippen LogP contribution in [0, 0.1) is 5.82 Å². The van der Waals surface area contributed by atoms with E-state index in [1.807, 2.05) is 6.92 Å². The van der Waals surface area contributed by atoms with Gasteiger partial charge in [0.15, 0.2) is 11.6 Å². The van der Waals surface area contributed by atoms with E-state index in [2.05, 4.69) is 25.8 Å². The standard InChI is InChI=1S/C13H16FN5O/c1-3-15-12-11(14)10(4-5-16-12)13(20)19-8(2)9-6-17-18-7-9/h4-8H,3H2,1-2H3,(H,15,16)(H,17,18)(H,19,20). The summed E-state index contributed by atoms with van der Waals surface area (Å²) in [5, 5.41) is 12.0. The van der Waals surface area contributed by atoms with E-state index in [1.54, 1.807) is 19.3 Å². The predicted octanol–water partition coefficient (Wildman–Crippen LogP) is 1.87. The van der Waals surface area contributed by atoms with Crippen LogP contribution in [-0.2, 0) is 0 Å². The minimum atomic E-state index is -0.647. The van der Waals surface area contributed by atoms with Gasteiger partial charge in [-0.15, -0.1) is 0 Å². The maximum atomic E-state index is 14.1. The van der Waals surface area contributed by atoms with E-state index >= 15 is 0 Å². The van der Waals surface area contributed by atoms with Crippen molar-refractivity contribution in [3.63, 3.8) is 0 Å². The highest BCUT2D eigenvalue weighted by molar-refractivity contribution is 5.95. The predicted molar refractivity (Wildman–Crippen MR) is 72.8 cm³/mol. The van der Waals surface area contributed by atoms with Crippen LogP contribution in [0.1, 0.15) is 35.8 Å². The fourth-order valence-electron chi connectivity index (χ4n) is 1.77. The van der Waals surface area contributed by atoms with Gasteiger partial charge < -0.3 is 10.6 Å². The molecule has 3 N–H and O–H groups in total. The number of hydrogen-bond donors (Lipinski definition) is 3. The van der Waals surface area contributed by atoms with Crippen LogP contribution >= 0.6 is 0 Å². The van der Waals surface area contributed by atoms with Crippen molar-refractivity contribution >= 4 is 11.7 Å². The summed E-state index contributed by atoms with van der Waals surface area (Å²) in [6, 6.07) is 1.09. The summed E-state index contributed by atoms with van der Waals surface area (Å²) in [5.74, 6) is -1.06. The second-order valence-electron chi connectivity index (χ2n) is 4.28. The van der Waals surface area contributed by atoms with Gasteiger partial charge in [0.05, 0.1) is 17.8 Å². The third-order valence-electron chi connectivity index (χ3n) is 2.85. The Bertz CT molecular complexity index is 584. The molecule has 1 amide bonds. The van der Waals surface area contributed by atoms with Gasteiger partial charge in [-0.25, -0.2) is 9.37 Å². The second-order valence-corrected chi connectivity index (χ2v) is 4.28. The minimum Gasteiger partial charge on any atom is -0.368 e. The first-order chi connectivity index (χ1) is 9.63. The molecule has 1 atom stereocenters. The van der Waals surface area contributed by atoms with Crippen molar-refractivity contribution < 1.29 is 9.18 Å². The summed E-state index contributed by atoms with van der Waals surface area (Å²) in [4.78, 5) is 15.9. The van der Waals surface area contributed by atoms with Crippen LogP contribution in [-0.4, -0.2) is 27.6 Å². The topological polar surface area (TPSA) is 82.7 Å². The number of hydrogen-bond acceptors (Lipinski definition) is 4. The number of rotatable bonds is 5. The molecular weight excluding hydrogens is 261 g/mol. The zero-order valence-corrected chi connectivity index (χ0v) is 11.3. The van der Waals surface area contributed by atoms with Crippen LogP contribution in [0.2, 0.25) is 0 Å². The van der Waals surface area contributed by atoms with Gasteiger partial charge in [0.2, 0.25) is 0 Å². The Morgan fingerprint density at radius 1 is 1.55 bits per heavy atom. The first-order valence-corrected chi connectivity index (χ1v) is 6.31. The number of carbonyl (C=O) groups excluding carboxylic acids is 1. The molecule has 6 nitrogen and oxygen atoms in total. The van der Waals surface area contributed by atoms with Crippen molar-refractivity contribution in [3.8, 4) is 0 Å². The monoisotopic (exact) mass is 277 g/mol. The van der Waals surface area contributed by atoms with Gasteiger partial charge in [0, 0.05) is 24.5 Å². The minimum absolute atomic E-state index is 0.0358. The lowest BCUT2D eigenvalue weighted by molar-refractivity contribution is 0.0936. The Kier molecular flexibility index (Phi) is 4.29. The summed E-state index contributed by atoms with van der Waals surface area (Å²) in [6.45, 7) is 4.16. The van der Waals surface area contributed by atoms with E-state index < -0.39 is 11.7 Å². The molecule has 0 bridgehead atoms. The third-order valence-corrected chi connectivity index (χ3v) is 2.85. The van der Waals surface area contributed by atoms with Crippen LogP contribution in [0.15, 0.2) is 24.7 Å². The molecule has 0 saturated carbocycles. The maximum Gasteiger partial charge on any atom is 0.254 e. The SMILES string of the molecule is CCNc1nccc(C(=O)NC(C)c2cn[nH]c2)c1F. The molecule has 0 spiro atoms. The zero-order chi connectivity index (χ0) is 14.5. The number of H-pyrrole nitrogens is 1. The molecule has 2 aromatic rings. The second kappa shape index (κ2) is 6.14. The lowest BCUT2D eigenvalue weighted by atomic mass is 10.1. The van der Waals surface area contributed by atoms with E-state index in [0.717, 1.165) is 5.56 Å². The number of anilines is 1. The molecule has 2 aromatic heterocycles. The number of pyridine rings is 1. The quantitative estimate of drug-likeness (QED) is 0.779. The molecule has 0 saturated heterocycles. The first-order valence-electron chi connectivity index (χ1n) is 6.31. The molecule has 0 fully saturated rings. The van der Waals surface area contributed by atoms with Gasteiger partial charge in [-0.1, -0.05) is 0 Å². The molecule has 0 aliphatic heterocycles. The average Bonchev–Trinajstić information content (AvgIpc) is 2.95. The van der Waals surface area contributed by atoms with Crippen molar-refractivity contribution in [3.05, 3.63) is 41.6 Å². The summed E-state index contributed by atoms with van der Waals surface area (Å²) in [5.41, 5.74) is 0.783. The van der Waals surface area contributed by atoms with Crippen molar-refractivity contribution in [1.82, 2.24) is 20.5 Å². The van der Waals surface area contributed by atoms with Gasteiger partial charge >= 0.3 is 0 Å². The van der Waals surface area contributed by atoms with Gasteiger partial charge in [-0.3, -0.25) is 9.89 Å². The molecule has 0 aromatic carbocycles. The normalized spacial score (nSPS) is 11.9. The van der Waals surface area contributed by atoms with E-state index in [1.165, 1.54) is 12.3 Å². The van der Waals surface area contributed by atoms with Crippen LogP contribution in [0.3, 0.4) is 0 Å². The van der Waals surface area contributed by atoms with Gasteiger partial charge in [0.1, 0.15) is 0 Å². The molecule has 0 aliphatic rings. The number of nitrogens with one attached hydrogen (secondary N) is 3. The smallest absolute Gasteiger partial charge is 0.254 e. The van der Waals surface area contributed by atoms with Gasteiger partial charge in [-0.05, 0) is 19.9 Å². The molecule has 0 radical (unpaired) electrons. The summed E-state index contributed by atoms with van der Waals surface area (Å²) < 4.78 is 14.1. The lowest BCUT2D eigenvalue weighted by Crippen LogP contribution is -2.27.